The second kappa shape index (κ2) is 5.76. The van der Waals surface area contributed by atoms with Gasteiger partial charge < -0.3 is 5.32 Å². The van der Waals surface area contributed by atoms with Crippen LogP contribution in [0.2, 0.25) is 0 Å². The standard InChI is InChI=1S/C18H22N2/c1-18(10-5-11-18)14-20-17(15-6-3-2-4-7-15)16-8-12-19-13-9-16/h2-4,6-9,12-13,17,20H,5,10-11,14H2,1H3. The molecule has 1 saturated carbocycles. The minimum absolute atomic E-state index is 0.261. The number of nitrogens with one attached hydrogen (secondary N) is 1. The lowest BCUT2D eigenvalue weighted by atomic mass is 9.70. The Morgan fingerprint density at radius 2 is 1.70 bits per heavy atom. The summed E-state index contributed by atoms with van der Waals surface area (Å²) in [5, 5.41) is 3.77. The molecule has 1 aliphatic carbocycles. The van der Waals surface area contributed by atoms with Gasteiger partial charge in [-0.3, -0.25) is 4.98 Å². The Hall–Kier alpha value is -1.67. The molecule has 0 spiro atoms. The molecule has 1 aliphatic rings. The van der Waals surface area contributed by atoms with Gasteiger partial charge in [0.25, 0.3) is 0 Å². The van der Waals surface area contributed by atoms with Crippen LogP contribution in [0.1, 0.15) is 43.4 Å². The smallest absolute Gasteiger partial charge is 0.0578 e. The lowest BCUT2D eigenvalue weighted by Gasteiger charge is -2.40. The summed E-state index contributed by atoms with van der Waals surface area (Å²) in [6.07, 6.45) is 7.81. The second-order valence-corrected chi connectivity index (χ2v) is 6.17. The van der Waals surface area contributed by atoms with Crippen molar-refractivity contribution in [2.75, 3.05) is 6.54 Å². The lowest BCUT2D eigenvalue weighted by molar-refractivity contribution is 0.153. The van der Waals surface area contributed by atoms with Crippen molar-refractivity contribution in [3.05, 3.63) is 66.0 Å². The molecule has 1 aromatic heterocycles. The number of nitrogens with zero attached hydrogens (tertiary/aromatic N) is 1. The maximum Gasteiger partial charge on any atom is 0.0578 e. The van der Waals surface area contributed by atoms with Crippen molar-refractivity contribution >= 4 is 0 Å². The van der Waals surface area contributed by atoms with E-state index in [4.69, 9.17) is 0 Å². The van der Waals surface area contributed by atoms with Crippen LogP contribution in [-0.4, -0.2) is 11.5 Å². The zero-order valence-corrected chi connectivity index (χ0v) is 12.0. The molecule has 0 radical (unpaired) electrons. The molecule has 1 aromatic carbocycles. The van der Waals surface area contributed by atoms with E-state index < -0.39 is 0 Å². The molecule has 0 amide bonds. The monoisotopic (exact) mass is 266 g/mol. The first-order valence-electron chi connectivity index (χ1n) is 7.45. The molecule has 0 saturated heterocycles. The third-order valence-corrected chi connectivity index (χ3v) is 4.47. The predicted octanol–water partition coefficient (Wildman–Crippen LogP) is 3.95. The Kier molecular flexibility index (Phi) is 3.83. The minimum atomic E-state index is 0.261. The normalized spacial score (nSPS) is 18.2. The highest BCUT2D eigenvalue weighted by molar-refractivity contribution is 5.30. The average molecular weight is 266 g/mol. The van der Waals surface area contributed by atoms with Crippen LogP contribution in [0, 0.1) is 5.41 Å². The molecule has 1 heterocycles. The Bertz CT molecular complexity index is 492. The molecule has 1 fully saturated rings. The van der Waals surface area contributed by atoms with Gasteiger partial charge in [0.15, 0.2) is 0 Å². The molecule has 2 heteroatoms. The van der Waals surface area contributed by atoms with E-state index in [1.54, 1.807) is 0 Å². The maximum absolute atomic E-state index is 4.13. The van der Waals surface area contributed by atoms with Crippen LogP contribution in [0.5, 0.6) is 0 Å². The quantitative estimate of drug-likeness (QED) is 0.886. The van der Waals surface area contributed by atoms with E-state index in [9.17, 15) is 0 Å². The topological polar surface area (TPSA) is 24.9 Å². The van der Waals surface area contributed by atoms with Crippen molar-refractivity contribution in [2.45, 2.75) is 32.2 Å². The van der Waals surface area contributed by atoms with E-state index in [1.165, 1.54) is 30.4 Å². The van der Waals surface area contributed by atoms with E-state index >= 15 is 0 Å². The lowest BCUT2D eigenvalue weighted by Crippen LogP contribution is -2.39. The third-order valence-electron chi connectivity index (χ3n) is 4.47. The zero-order valence-electron chi connectivity index (χ0n) is 12.0. The van der Waals surface area contributed by atoms with E-state index in [1.807, 2.05) is 12.4 Å². The van der Waals surface area contributed by atoms with Gasteiger partial charge in [0.2, 0.25) is 0 Å². The molecular formula is C18H22N2. The number of pyridine rings is 1. The van der Waals surface area contributed by atoms with E-state index in [0.717, 1.165) is 6.54 Å². The number of hydrogen-bond donors (Lipinski definition) is 1. The summed E-state index contributed by atoms with van der Waals surface area (Å²) in [7, 11) is 0. The van der Waals surface area contributed by atoms with Gasteiger partial charge in [-0.25, -0.2) is 0 Å². The molecule has 0 bridgehead atoms. The first-order valence-corrected chi connectivity index (χ1v) is 7.45. The van der Waals surface area contributed by atoms with Crippen molar-refractivity contribution in [3.8, 4) is 0 Å². The molecule has 0 aliphatic heterocycles. The molecule has 20 heavy (non-hydrogen) atoms. The fourth-order valence-corrected chi connectivity index (χ4v) is 2.94. The molecule has 1 unspecified atom stereocenters. The highest BCUT2D eigenvalue weighted by atomic mass is 14.9. The van der Waals surface area contributed by atoms with Crippen molar-refractivity contribution in [1.82, 2.24) is 10.3 Å². The van der Waals surface area contributed by atoms with Crippen molar-refractivity contribution < 1.29 is 0 Å². The summed E-state index contributed by atoms with van der Waals surface area (Å²) in [5.74, 6) is 0. The second-order valence-electron chi connectivity index (χ2n) is 6.17. The Morgan fingerprint density at radius 3 is 2.30 bits per heavy atom. The summed E-state index contributed by atoms with van der Waals surface area (Å²) >= 11 is 0. The van der Waals surface area contributed by atoms with Crippen molar-refractivity contribution in [1.29, 1.82) is 0 Å². The van der Waals surface area contributed by atoms with Gasteiger partial charge in [0, 0.05) is 18.9 Å². The van der Waals surface area contributed by atoms with Crippen LogP contribution < -0.4 is 5.32 Å². The molecule has 2 nitrogen and oxygen atoms in total. The van der Waals surface area contributed by atoms with Gasteiger partial charge in [-0.1, -0.05) is 43.7 Å². The first-order chi connectivity index (χ1) is 9.77. The Balaban J connectivity index is 1.80. The highest BCUT2D eigenvalue weighted by Crippen LogP contribution is 2.40. The largest absolute Gasteiger partial charge is 0.306 e. The Labute approximate surface area is 121 Å². The fraction of sp³-hybridized carbons (Fsp3) is 0.389. The van der Waals surface area contributed by atoms with Crippen LogP contribution in [0.25, 0.3) is 0 Å². The van der Waals surface area contributed by atoms with Gasteiger partial charge in [-0.2, -0.15) is 0 Å². The average Bonchev–Trinajstić information content (AvgIpc) is 2.48. The Morgan fingerprint density at radius 1 is 1.05 bits per heavy atom. The number of hydrogen-bond acceptors (Lipinski definition) is 2. The van der Waals surface area contributed by atoms with Crippen LogP contribution in [0.3, 0.4) is 0 Å². The predicted molar refractivity (Wildman–Crippen MR) is 82.5 cm³/mol. The SMILES string of the molecule is CC1(CNC(c2ccccc2)c2ccncc2)CCC1. The number of aromatic nitrogens is 1. The van der Waals surface area contributed by atoms with Crippen LogP contribution in [-0.2, 0) is 0 Å². The summed E-state index contributed by atoms with van der Waals surface area (Å²) in [5.41, 5.74) is 3.09. The fourth-order valence-electron chi connectivity index (χ4n) is 2.94. The van der Waals surface area contributed by atoms with E-state index in [-0.39, 0.29) is 6.04 Å². The number of benzene rings is 1. The van der Waals surface area contributed by atoms with Crippen LogP contribution in [0.4, 0.5) is 0 Å². The minimum Gasteiger partial charge on any atom is -0.306 e. The summed E-state index contributed by atoms with van der Waals surface area (Å²) in [6, 6.07) is 15.1. The first kappa shape index (κ1) is 13.3. The molecule has 1 atom stereocenters. The maximum atomic E-state index is 4.13. The van der Waals surface area contributed by atoms with Crippen molar-refractivity contribution in [3.63, 3.8) is 0 Å². The molecular weight excluding hydrogens is 244 g/mol. The van der Waals surface area contributed by atoms with Gasteiger partial charge in [0.05, 0.1) is 6.04 Å². The van der Waals surface area contributed by atoms with Gasteiger partial charge in [0.1, 0.15) is 0 Å². The third kappa shape index (κ3) is 2.91. The molecule has 104 valence electrons. The summed E-state index contributed by atoms with van der Waals surface area (Å²) in [6.45, 7) is 3.47. The van der Waals surface area contributed by atoms with Gasteiger partial charge in [-0.05, 0) is 41.5 Å². The zero-order chi connectivity index (χ0) is 13.8. The van der Waals surface area contributed by atoms with Gasteiger partial charge in [-0.15, -0.1) is 0 Å². The molecule has 1 N–H and O–H groups in total. The van der Waals surface area contributed by atoms with Gasteiger partial charge >= 0.3 is 0 Å². The van der Waals surface area contributed by atoms with Crippen molar-refractivity contribution in [2.24, 2.45) is 5.41 Å². The van der Waals surface area contributed by atoms with E-state index in [0.29, 0.717) is 5.41 Å². The highest BCUT2D eigenvalue weighted by Gasteiger charge is 2.32. The molecule has 3 rings (SSSR count). The number of rotatable bonds is 5. The summed E-state index contributed by atoms with van der Waals surface area (Å²) in [4.78, 5) is 4.13. The van der Waals surface area contributed by atoms with Crippen LogP contribution >= 0.6 is 0 Å². The van der Waals surface area contributed by atoms with E-state index in [2.05, 4.69) is 59.7 Å². The van der Waals surface area contributed by atoms with Crippen LogP contribution in [0.15, 0.2) is 54.9 Å². The molecule has 2 aromatic rings. The summed E-state index contributed by atoms with van der Waals surface area (Å²) < 4.78 is 0.